The predicted octanol–water partition coefficient (Wildman–Crippen LogP) is 1.96. The minimum atomic E-state index is -0.0610. The first-order valence-electron chi connectivity index (χ1n) is 7.64. The number of aromatic nitrogens is 2. The lowest BCUT2D eigenvalue weighted by atomic mass is 10.1. The minimum Gasteiger partial charge on any atom is -0.351 e. The highest BCUT2D eigenvalue weighted by molar-refractivity contribution is 5.95. The van der Waals surface area contributed by atoms with Gasteiger partial charge in [0.15, 0.2) is 0 Å². The first-order chi connectivity index (χ1) is 10.6. The van der Waals surface area contributed by atoms with Crippen LogP contribution >= 0.6 is 0 Å². The quantitative estimate of drug-likeness (QED) is 0.850. The van der Waals surface area contributed by atoms with E-state index in [1.54, 1.807) is 16.9 Å². The fraction of sp³-hybridized carbons (Fsp3) is 0.412. The number of aryl methyl sites for hydroxylation is 1. The zero-order valence-electron chi connectivity index (χ0n) is 13.5. The largest absolute Gasteiger partial charge is 0.351 e. The molecule has 5 nitrogen and oxygen atoms in total. The molecule has 1 N–H and O–H groups in total. The second-order valence-electron chi connectivity index (χ2n) is 5.20. The summed E-state index contributed by atoms with van der Waals surface area (Å²) >= 11 is 0. The number of hydrogen-bond donors (Lipinski definition) is 1. The summed E-state index contributed by atoms with van der Waals surface area (Å²) < 4.78 is 1.74. The van der Waals surface area contributed by atoms with Crippen molar-refractivity contribution in [1.29, 1.82) is 0 Å². The van der Waals surface area contributed by atoms with Gasteiger partial charge in [0.1, 0.15) is 0 Å². The molecule has 1 amide bonds. The van der Waals surface area contributed by atoms with Gasteiger partial charge in [-0.25, -0.2) is 0 Å². The van der Waals surface area contributed by atoms with Crippen LogP contribution in [0.5, 0.6) is 0 Å². The molecule has 5 heteroatoms. The molecule has 0 unspecified atom stereocenters. The van der Waals surface area contributed by atoms with Gasteiger partial charge in [-0.1, -0.05) is 13.8 Å². The van der Waals surface area contributed by atoms with E-state index in [1.165, 1.54) is 0 Å². The lowest BCUT2D eigenvalue weighted by Gasteiger charge is -2.18. The fourth-order valence-corrected chi connectivity index (χ4v) is 2.31. The zero-order chi connectivity index (χ0) is 15.9. The molecule has 2 aromatic rings. The normalized spacial score (nSPS) is 10.9. The Kier molecular flexibility index (Phi) is 5.72. The van der Waals surface area contributed by atoms with Crippen LogP contribution in [0.1, 0.15) is 24.2 Å². The first-order valence-corrected chi connectivity index (χ1v) is 7.64. The Morgan fingerprint density at radius 2 is 2.09 bits per heavy atom. The van der Waals surface area contributed by atoms with Crippen LogP contribution in [0.25, 0.3) is 11.1 Å². The van der Waals surface area contributed by atoms with E-state index in [4.69, 9.17) is 0 Å². The molecule has 0 saturated carbocycles. The molecule has 22 heavy (non-hydrogen) atoms. The monoisotopic (exact) mass is 299 g/mol. The maximum atomic E-state index is 12.2. The van der Waals surface area contributed by atoms with Gasteiger partial charge in [0, 0.05) is 37.5 Å². The summed E-state index contributed by atoms with van der Waals surface area (Å²) in [4.78, 5) is 14.5. The minimum absolute atomic E-state index is 0.0610. The average molecular weight is 299 g/mol. The molecule has 0 atom stereocenters. The summed E-state index contributed by atoms with van der Waals surface area (Å²) in [7, 11) is 1.87. The molecular weight excluding hydrogens is 276 g/mol. The van der Waals surface area contributed by atoms with Gasteiger partial charge in [-0.05, 0) is 42.9 Å². The number of likely N-dealkylation sites (N-methyl/N-ethyl adjacent to an activating group) is 1. The SMILES string of the molecule is CCN(CC)CCNC(=O)c1c[c]cc(-c2cnn(C)c2)c1. The van der Waals surface area contributed by atoms with Crippen molar-refractivity contribution in [3.63, 3.8) is 0 Å². The van der Waals surface area contributed by atoms with Crippen molar-refractivity contribution in [3.05, 3.63) is 42.2 Å². The summed E-state index contributed by atoms with van der Waals surface area (Å²) in [5, 5.41) is 7.11. The highest BCUT2D eigenvalue weighted by Gasteiger charge is 2.08. The van der Waals surface area contributed by atoms with Crippen LogP contribution in [0, 0.1) is 6.07 Å². The standard InChI is InChI=1S/C17H23N4O/c1-4-21(5-2)10-9-18-17(22)15-8-6-7-14(11-15)16-12-19-20(3)13-16/h7-8,11-13H,4-5,9-10H2,1-3H3,(H,18,22). The maximum Gasteiger partial charge on any atom is 0.251 e. The third kappa shape index (κ3) is 4.18. The van der Waals surface area contributed by atoms with Crippen LogP contribution in [0.2, 0.25) is 0 Å². The summed E-state index contributed by atoms with van der Waals surface area (Å²) in [5.74, 6) is -0.0610. The molecule has 0 bridgehead atoms. The van der Waals surface area contributed by atoms with Crippen LogP contribution in [-0.2, 0) is 7.05 Å². The molecule has 0 spiro atoms. The van der Waals surface area contributed by atoms with Crippen LogP contribution in [0.3, 0.4) is 0 Å². The lowest BCUT2D eigenvalue weighted by Crippen LogP contribution is -2.34. The molecule has 1 aromatic carbocycles. The van der Waals surface area contributed by atoms with E-state index in [0.29, 0.717) is 12.1 Å². The molecule has 1 radical (unpaired) electrons. The Morgan fingerprint density at radius 1 is 1.32 bits per heavy atom. The van der Waals surface area contributed by atoms with E-state index < -0.39 is 0 Å². The molecular formula is C17H23N4O. The van der Waals surface area contributed by atoms with Crippen molar-refractivity contribution in [1.82, 2.24) is 20.0 Å². The van der Waals surface area contributed by atoms with Crippen molar-refractivity contribution in [3.8, 4) is 11.1 Å². The van der Waals surface area contributed by atoms with E-state index in [0.717, 1.165) is 30.8 Å². The van der Waals surface area contributed by atoms with Crippen LogP contribution in [0.15, 0.2) is 30.6 Å². The predicted molar refractivity (Wildman–Crippen MR) is 87.6 cm³/mol. The van der Waals surface area contributed by atoms with E-state index in [9.17, 15) is 4.79 Å². The van der Waals surface area contributed by atoms with Crippen molar-refractivity contribution in [2.45, 2.75) is 13.8 Å². The molecule has 0 aliphatic heterocycles. The Balaban J connectivity index is 1.98. The van der Waals surface area contributed by atoms with Crippen molar-refractivity contribution in [2.75, 3.05) is 26.2 Å². The Morgan fingerprint density at radius 3 is 2.73 bits per heavy atom. The summed E-state index contributed by atoms with van der Waals surface area (Å²) in [6, 6.07) is 8.49. The van der Waals surface area contributed by atoms with E-state index in [-0.39, 0.29) is 5.91 Å². The number of nitrogens with one attached hydrogen (secondary N) is 1. The Labute approximate surface area is 131 Å². The molecule has 0 saturated heterocycles. The van der Waals surface area contributed by atoms with Gasteiger partial charge < -0.3 is 10.2 Å². The number of benzene rings is 1. The first kappa shape index (κ1) is 16.2. The number of rotatable bonds is 7. The number of hydrogen-bond acceptors (Lipinski definition) is 3. The molecule has 1 aromatic heterocycles. The van der Waals surface area contributed by atoms with Crippen molar-refractivity contribution >= 4 is 5.91 Å². The van der Waals surface area contributed by atoms with Gasteiger partial charge in [0.25, 0.3) is 5.91 Å². The molecule has 117 valence electrons. The van der Waals surface area contributed by atoms with Crippen LogP contribution < -0.4 is 5.32 Å². The van der Waals surface area contributed by atoms with Gasteiger partial charge >= 0.3 is 0 Å². The van der Waals surface area contributed by atoms with Gasteiger partial charge in [0.05, 0.1) is 6.20 Å². The Bertz CT molecular complexity index is 617. The van der Waals surface area contributed by atoms with Crippen LogP contribution in [-0.4, -0.2) is 46.8 Å². The van der Waals surface area contributed by atoms with Crippen molar-refractivity contribution in [2.24, 2.45) is 7.05 Å². The topological polar surface area (TPSA) is 50.2 Å². The van der Waals surface area contributed by atoms with E-state index in [2.05, 4.69) is 35.2 Å². The smallest absolute Gasteiger partial charge is 0.251 e. The molecule has 2 rings (SSSR count). The van der Waals surface area contributed by atoms with Gasteiger partial charge in [0.2, 0.25) is 0 Å². The highest BCUT2D eigenvalue weighted by Crippen LogP contribution is 2.19. The van der Waals surface area contributed by atoms with Crippen molar-refractivity contribution < 1.29 is 4.79 Å². The average Bonchev–Trinajstić information content (AvgIpc) is 2.98. The maximum absolute atomic E-state index is 12.2. The second-order valence-corrected chi connectivity index (χ2v) is 5.20. The number of amides is 1. The number of nitrogens with zero attached hydrogens (tertiary/aromatic N) is 3. The molecule has 1 heterocycles. The summed E-state index contributed by atoms with van der Waals surface area (Å²) in [5.41, 5.74) is 2.56. The molecule has 0 aliphatic rings. The molecule has 0 fully saturated rings. The summed E-state index contributed by atoms with van der Waals surface area (Å²) in [6.45, 7) is 7.75. The number of carbonyl (C=O) groups excluding carboxylic acids is 1. The third-order valence-electron chi connectivity index (χ3n) is 3.70. The molecule has 0 aliphatic carbocycles. The lowest BCUT2D eigenvalue weighted by molar-refractivity contribution is 0.0949. The fourth-order valence-electron chi connectivity index (χ4n) is 2.31. The number of carbonyl (C=O) groups is 1. The van der Waals surface area contributed by atoms with Gasteiger partial charge in [-0.2, -0.15) is 5.10 Å². The zero-order valence-corrected chi connectivity index (χ0v) is 13.5. The van der Waals surface area contributed by atoms with E-state index >= 15 is 0 Å². The Hall–Kier alpha value is -2.14. The van der Waals surface area contributed by atoms with Gasteiger partial charge in [-0.15, -0.1) is 0 Å². The third-order valence-corrected chi connectivity index (χ3v) is 3.70. The second kappa shape index (κ2) is 7.75. The highest BCUT2D eigenvalue weighted by atomic mass is 16.1. The van der Waals surface area contributed by atoms with Crippen LogP contribution in [0.4, 0.5) is 0 Å². The summed E-state index contributed by atoms with van der Waals surface area (Å²) in [6.07, 6.45) is 3.70. The van der Waals surface area contributed by atoms with Gasteiger partial charge in [-0.3, -0.25) is 9.48 Å². The van der Waals surface area contributed by atoms with E-state index in [1.807, 2.05) is 25.4 Å².